The van der Waals surface area contributed by atoms with Crippen molar-refractivity contribution >= 4 is 29.3 Å². The zero-order valence-corrected chi connectivity index (χ0v) is 14.0. The van der Waals surface area contributed by atoms with Crippen LogP contribution in [-0.4, -0.2) is 36.2 Å². The van der Waals surface area contributed by atoms with Gasteiger partial charge in [0.15, 0.2) is 0 Å². The van der Waals surface area contributed by atoms with Crippen molar-refractivity contribution in [1.82, 2.24) is 10.2 Å². The minimum atomic E-state index is -0.523. The maximum atomic E-state index is 12.4. The number of hydrogen-bond donors (Lipinski definition) is 1. The van der Waals surface area contributed by atoms with Crippen molar-refractivity contribution in [3.8, 4) is 0 Å². The Bertz CT molecular complexity index is 529. The molecule has 1 amide bonds. The quantitative estimate of drug-likeness (QED) is 0.849. The number of rotatable bonds is 1. The van der Waals surface area contributed by atoms with Crippen molar-refractivity contribution in [2.75, 3.05) is 19.6 Å². The molecule has 0 bridgehead atoms. The highest BCUT2D eigenvalue weighted by atomic mass is 35.5. The smallest absolute Gasteiger partial charge is 0.410 e. The minimum absolute atomic E-state index is 0.181. The van der Waals surface area contributed by atoms with Crippen molar-refractivity contribution in [2.24, 2.45) is 0 Å². The molecular formula is C15H20Cl2N2O2. The molecule has 1 aliphatic heterocycles. The molecule has 1 fully saturated rings. The molecule has 6 heteroatoms. The summed E-state index contributed by atoms with van der Waals surface area (Å²) in [5.41, 5.74) is 0.312. The first kappa shape index (κ1) is 16.4. The molecule has 1 aliphatic rings. The average Bonchev–Trinajstić information content (AvgIpc) is 2.40. The highest BCUT2D eigenvalue weighted by molar-refractivity contribution is 6.42. The van der Waals surface area contributed by atoms with E-state index in [4.69, 9.17) is 27.9 Å². The first-order valence-electron chi connectivity index (χ1n) is 6.94. The molecule has 0 spiro atoms. The Hall–Kier alpha value is -0.970. The Morgan fingerprint density at radius 2 is 2.10 bits per heavy atom. The number of piperazine rings is 1. The average molecular weight is 331 g/mol. The molecule has 116 valence electrons. The molecule has 1 atom stereocenters. The monoisotopic (exact) mass is 330 g/mol. The van der Waals surface area contributed by atoms with Gasteiger partial charge in [-0.1, -0.05) is 35.3 Å². The third kappa shape index (κ3) is 4.02. The molecule has 1 saturated heterocycles. The molecule has 21 heavy (non-hydrogen) atoms. The lowest BCUT2D eigenvalue weighted by atomic mass is 10.0. The fraction of sp³-hybridized carbons (Fsp3) is 0.533. The number of nitrogens with one attached hydrogen (secondary N) is 1. The van der Waals surface area contributed by atoms with Crippen molar-refractivity contribution in [1.29, 1.82) is 0 Å². The van der Waals surface area contributed by atoms with E-state index in [-0.39, 0.29) is 12.1 Å². The highest BCUT2D eigenvalue weighted by Crippen LogP contribution is 2.34. The van der Waals surface area contributed by atoms with Gasteiger partial charge in [-0.15, -0.1) is 0 Å². The van der Waals surface area contributed by atoms with Gasteiger partial charge in [-0.25, -0.2) is 4.79 Å². The number of nitrogens with zero attached hydrogens (tertiary/aromatic N) is 1. The normalized spacial score (nSPS) is 19.5. The van der Waals surface area contributed by atoms with E-state index >= 15 is 0 Å². The van der Waals surface area contributed by atoms with E-state index in [1.807, 2.05) is 32.9 Å². The second-order valence-corrected chi connectivity index (χ2v) is 6.82. The molecule has 0 aromatic heterocycles. The van der Waals surface area contributed by atoms with Crippen LogP contribution in [0, 0.1) is 0 Å². The summed E-state index contributed by atoms with van der Waals surface area (Å²) >= 11 is 12.4. The van der Waals surface area contributed by atoms with Gasteiger partial charge in [-0.05, 0) is 32.4 Å². The number of carbonyl (C=O) groups is 1. The van der Waals surface area contributed by atoms with E-state index in [1.165, 1.54) is 0 Å². The summed E-state index contributed by atoms with van der Waals surface area (Å²) in [6.07, 6.45) is -0.329. The molecule has 0 aliphatic carbocycles. The molecule has 0 saturated carbocycles. The predicted molar refractivity (Wildman–Crippen MR) is 85.0 cm³/mol. The van der Waals surface area contributed by atoms with E-state index in [0.717, 1.165) is 12.1 Å². The van der Waals surface area contributed by atoms with Crippen LogP contribution < -0.4 is 5.32 Å². The zero-order chi connectivity index (χ0) is 15.6. The number of hydrogen-bond acceptors (Lipinski definition) is 3. The largest absolute Gasteiger partial charge is 0.444 e. The summed E-state index contributed by atoms with van der Waals surface area (Å²) in [6.45, 7) is 7.49. The molecule has 1 N–H and O–H groups in total. The number of amides is 1. The lowest BCUT2D eigenvalue weighted by molar-refractivity contribution is 0.0118. The first-order valence-corrected chi connectivity index (χ1v) is 7.69. The number of carbonyl (C=O) groups excluding carboxylic acids is 1. The summed E-state index contributed by atoms with van der Waals surface area (Å²) in [5, 5.41) is 4.25. The van der Waals surface area contributed by atoms with Crippen molar-refractivity contribution < 1.29 is 9.53 Å². The van der Waals surface area contributed by atoms with Gasteiger partial charge in [0, 0.05) is 19.6 Å². The Morgan fingerprint density at radius 1 is 1.38 bits per heavy atom. The summed E-state index contributed by atoms with van der Waals surface area (Å²) in [4.78, 5) is 14.1. The van der Waals surface area contributed by atoms with Gasteiger partial charge in [0.1, 0.15) is 5.60 Å². The van der Waals surface area contributed by atoms with Crippen molar-refractivity contribution in [3.05, 3.63) is 33.8 Å². The summed E-state index contributed by atoms with van der Waals surface area (Å²) in [5.74, 6) is 0. The van der Waals surface area contributed by atoms with Crippen LogP contribution in [0.1, 0.15) is 32.4 Å². The lowest BCUT2D eigenvalue weighted by Crippen LogP contribution is -2.50. The summed E-state index contributed by atoms with van der Waals surface area (Å²) in [7, 11) is 0. The van der Waals surface area contributed by atoms with Crippen LogP contribution in [0.3, 0.4) is 0 Å². The number of ether oxygens (including phenoxy) is 1. The maximum absolute atomic E-state index is 12.4. The van der Waals surface area contributed by atoms with Gasteiger partial charge in [0.05, 0.1) is 16.1 Å². The Labute approximate surface area is 135 Å². The molecule has 2 rings (SSSR count). The van der Waals surface area contributed by atoms with Crippen LogP contribution in [0.2, 0.25) is 10.0 Å². The van der Waals surface area contributed by atoms with Crippen LogP contribution >= 0.6 is 23.2 Å². The van der Waals surface area contributed by atoms with Gasteiger partial charge < -0.3 is 10.1 Å². The molecule has 1 heterocycles. The van der Waals surface area contributed by atoms with Gasteiger partial charge in [0.25, 0.3) is 0 Å². The molecule has 1 aromatic carbocycles. The highest BCUT2D eigenvalue weighted by Gasteiger charge is 2.32. The van der Waals surface area contributed by atoms with Gasteiger partial charge in [0.2, 0.25) is 0 Å². The van der Waals surface area contributed by atoms with E-state index in [2.05, 4.69) is 5.32 Å². The van der Waals surface area contributed by atoms with E-state index in [0.29, 0.717) is 23.1 Å². The van der Waals surface area contributed by atoms with Crippen LogP contribution in [0.25, 0.3) is 0 Å². The molecule has 0 unspecified atom stereocenters. The second kappa shape index (κ2) is 6.42. The Morgan fingerprint density at radius 3 is 2.76 bits per heavy atom. The SMILES string of the molecule is CC(C)(C)OC(=O)N1CCNC[C@H]1c1cccc(Cl)c1Cl. The predicted octanol–water partition coefficient (Wildman–Crippen LogP) is 3.87. The first-order chi connectivity index (χ1) is 9.79. The van der Waals surface area contributed by atoms with Gasteiger partial charge in [-0.3, -0.25) is 4.90 Å². The summed E-state index contributed by atoms with van der Waals surface area (Å²) in [6, 6.07) is 5.29. The molecule has 4 nitrogen and oxygen atoms in total. The summed E-state index contributed by atoms with van der Waals surface area (Å²) < 4.78 is 5.48. The Kier molecular flexibility index (Phi) is 5.02. The van der Waals surface area contributed by atoms with Crippen LogP contribution in [0.4, 0.5) is 4.79 Å². The van der Waals surface area contributed by atoms with E-state index in [1.54, 1.807) is 11.0 Å². The zero-order valence-electron chi connectivity index (χ0n) is 12.5. The minimum Gasteiger partial charge on any atom is -0.444 e. The number of halogens is 2. The third-order valence-corrected chi connectivity index (χ3v) is 4.05. The van der Waals surface area contributed by atoms with Gasteiger partial charge in [-0.2, -0.15) is 0 Å². The fourth-order valence-electron chi connectivity index (χ4n) is 2.30. The molecular weight excluding hydrogens is 311 g/mol. The topological polar surface area (TPSA) is 41.6 Å². The van der Waals surface area contributed by atoms with Crippen molar-refractivity contribution in [3.63, 3.8) is 0 Å². The van der Waals surface area contributed by atoms with Crippen LogP contribution in [-0.2, 0) is 4.74 Å². The van der Waals surface area contributed by atoms with Crippen LogP contribution in [0.5, 0.6) is 0 Å². The second-order valence-electron chi connectivity index (χ2n) is 6.04. The van der Waals surface area contributed by atoms with Crippen LogP contribution in [0.15, 0.2) is 18.2 Å². The third-order valence-electron chi connectivity index (χ3n) is 3.21. The van der Waals surface area contributed by atoms with Gasteiger partial charge >= 0.3 is 6.09 Å². The van der Waals surface area contributed by atoms with E-state index < -0.39 is 5.60 Å². The lowest BCUT2D eigenvalue weighted by Gasteiger charge is -2.37. The van der Waals surface area contributed by atoms with E-state index in [9.17, 15) is 4.79 Å². The molecule has 1 aromatic rings. The molecule has 0 radical (unpaired) electrons. The number of benzene rings is 1. The standard InChI is InChI=1S/C15H20Cl2N2O2/c1-15(2,3)21-14(20)19-8-7-18-9-12(19)10-5-4-6-11(16)13(10)17/h4-6,12,18H,7-9H2,1-3H3/t12-/m0/s1. The fourth-order valence-corrected chi connectivity index (χ4v) is 2.73. The Balaban J connectivity index is 2.27. The maximum Gasteiger partial charge on any atom is 0.410 e. The van der Waals surface area contributed by atoms with Crippen molar-refractivity contribution in [2.45, 2.75) is 32.4 Å².